The minimum atomic E-state index is -4.33. The van der Waals surface area contributed by atoms with Crippen LogP contribution in [-0.2, 0) is 6.18 Å². The summed E-state index contributed by atoms with van der Waals surface area (Å²) in [4.78, 5) is 0. The first kappa shape index (κ1) is 13.0. The van der Waals surface area contributed by atoms with Gasteiger partial charge in [0.05, 0.1) is 11.7 Å². The number of aliphatic hydroxyl groups excluding tert-OH is 1. The van der Waals surface area contributed by atoms with E-state index < -0.39 is 17.8 Å². The summed E-state index contributed by atoms with van der Waals surface area (Å²) in [6.07, 6.45) is -5.05. The lowest BCUT2D eigenvalue weighted by molar-refractivity contribution is -0.137. The summed E-state index contributed by atoms with van der Waals surface area (Å²) in [6, 6.07) is 3.43. The molecule has 1 aromatic carbocycles. The van der Waals surface area contributed by atoms with Crippen LogP contribution in [0.15, 0.2) is 18.2 Å². The van der Waals surface area contributed by atoms with E-state index in [-0.39, 0.29) is 5.92 Å². The van der Waals surface area contributed by atoms with E-state index in [0.717, 1.165) is 12.1 Å². The molecule has 0 heterocycles. The highest BCUT2D eigenvalue weighted by Gasteiger charge is 2.31. The normalized spacial score (nSPS) is 14.2. The number of aliphatic hydroxyl groups is 1. The maximum atomic E-state index is 12.4. The number of aryl methyl sites for hydroxylation is 1. The van der Waals surface area contributed by atoms with Gasteiger partial charge in [-0.05, 0) is 36.1 Å². The Balaban J connectivity index is 3.10. The lowest BCUT2D eigenvalue weighted by Crippen LogP contribution is -2.10. The van der Waals surface area contributed by atoms with Crippen molar-refractivity contribution in [3.05, 3.63) is 34.9 Å². The molecule has 4 heteroatoms. The van der Waals surface area contributed by atoms with Crippen LogP contribution < -0.4 is 0 Å². The fourth-order valence-electron chi connectivity index (χ4n) is 1.54. The maximum Gasteiger partial charge on any atom is 0.416 e. The molecule has 1 unspecified atom stereocenters. The fraction of sp³-hybridized carbons (Fsp3) is 0.500. The Morgan fingerprint density at radius 1 is 1.19 bits per heavy atom. The van der Waals surface area contributed by atoms with Gasteiger partial charge in [-0.15, -0.1) is 0 Å². The van der Waals surface area contributed by atoms with Crippen molar-refractivity contribution in [1.29, 1.82) is 0 Å². The van der Waals surface area contributed by atoms with E-state index in [9.17, 15) is 18.3 Å². The van der Waals surface area contributed by atoms with Crippen LogP contribution in [0.3, 0.4) is 0 Å². The molecule has 0 aliphatic rings. The van der Waals surface area contributed by atoms with Crippen molar-refractivity contribution in [2.45, 2.75) is 33.1 Å². The summed E-state index contributed by atoms with van der Waals surface area (Å²) in [5.41, 5.74) is 0.351. The van der Waals surface area contributed by atoms with Crippen molar-refractivity contribution in [1.82, 2.24) is 0 Å². The zero-order chi connectivity index (χ0) is 12.5. The lowest BCUT2D eigenvalue weighted by Gasteiger charge is -2.18. The van der Waals surface area contributed by atoms with Crippen LogP contribution in [0.2, 0.25) is 0 Å². The SMILES string of the molecule is Cc1cc(C(F)(F)F)ccc1C(O)C(C)C. The average molecular weight is 232 g/mol. The molecule has 0 radical (unpaired) electrons. The second-order valence-corrected chi connectivity index (χ2v) is 4.26. The first-order valence-electron chi connectivity index (χ1n) is 5.09. The monoisotopic (exact) mass is 232 g/mol. The first-order chi connectivity index (χ1) is 7.23. The largest absolute Gasteiger partial charge is 0.416 e. The van der Waals surface area contributed by atoms with Gasteiger partial charge in [0.1, 0.15) is 0 Å². The van der Waals surface area contributed by atoms with Crippen molar-refractivity contribution in [3.8, 4) is 0 Å². The van der Waals surface area contributed by atoms with E-state index in [1.807, 2.05) is 13.8 Å². The standard InChI is InChI=1S/C12H15F3O/c1-7(2)11(16)10-5-4-9(6-8(10)3)12(13,14)15/h4-7,11,16H,1-3H3. The van der Waals surface area contributed by atoms with Gasteiger partial charge in [-0.3, -0.25) is 0 Å². The van der Waals surface area contributed by atoms with Gasteiger partial charge in [0.25, 0.3) is 0 Å². The molecule has 16 heavy (non-hydrogen) atoms. The number of benzene rings is 1. The van der Waals surface area contributed by atoms with Gasteiger partial charge in [0, 0.05) is 0 Å². The van der Waals surface area contributed by atoms with Gasteiger partial charge in [-0.25, -0.2) is 0 Å². The van der Waals surface area contributed by atoms with Gasteiger partial charge in [0.2, 0.25) is 0 Å². The molecule has 0 saturated heterocycles. The Hall–Kier alpha value is -1.03. The number of hydrogen-bond acceptors (Lipinski definition) is 1. The molecule has 0 aromatic heterocycles. The molecular formula is C12H15F3O. The second kappa shape index (κ2) is 4.45. The van der Waals surface area contributed by atoms with Crippen molar-refractivity contribution in [2.75, 3.05) is 0 Å². The summed E-state index contributed by atoms with van der Waals surface area (Å²) >= 11 is 0. The number of halogens is 3. The van der Waals surface area contributed by atoms with Crippen LogP contribution >= 0.6 is 0 Å². The van der Waals surface area contributed by atoms with E-state index in [1.165, 1.54) is 6.07 Å². The second-order valence-electron chi connectivity index (χ2n) is 4.26. The Bertz CT molecular complexity index is 369. The third-order valence-electron chi connectivity index (χ3n) is 2.55. The zero-order valence-electron chi connectivity index (χ0n) is 9.47. The van der Waals surface area contributed by atoms with Crippen LogP contribution in [0.25, 0.3) is 0 Å². The van der Waals surface area contributed by atoms with Crippen LogP contribution in [0.4, 0.5) is 13.2 Å². The van der Waals surface area contributed by atoms with Crippen molar-refractivity contribution in [2.24, 2.45) is 5.92 Å². The third-order valence-corrected chi connectivity index (χ3v) is 2.55. The average Bonchev–Trinajstić information content (AvgIpc) is 2.15. The number of alkyl halides is 3. The molecule has 1 rings (SSSR count). The first-order valence-corrected chi connectivity index (χ1v) is 5.09. The third kappa shape index (κ3) is 2.76. The van der Waals surface area contributed by atoms with Crippen molar-refractivity contribution >= 4 is 0 Å². The Morgan fingerprint density at radius 2 is 1.75 bits per heavy atom. The molecule has 0 saturated carbocycles. The van der Waals surface area contributed by atoms with Gasteiger partial charge in [-0.1, -0.05) is 19.9 Å². The number of rotatable bonds is 2. The Labute approximate surface area is 92.9 Å². The highest BCUT2D eigenvalue weighted by atomic mass is 19.4. The molecule has 0 aliphatic heterocycles. The highest BCUT2D eigenvalue weighted by molar-refractivity contribution is 5.34. The Morgan fingerprint density at radius 3 is 2.12 bits per heavy atom. The van der Waals surface area contributed by atoms with E-state index in [2.05, 4.69) is 0 Å². The highest BCUT2D eigenvalue weighted by Crippen LogP contribution is 2.32. The van der Waals surface area contributed by atoms with Crippen LogP contribution in [-0.4, -0.2) is 5.11 Å². The van der Waals surface area contributed by atoms with Gasteiger partial charge in [0.15, 0.2) is 0 Å². The number of hydrogen-bond donors (Lipinski definition) is 1. The molecule has 0 spiro atoms. The molecule has 0 aliphatic carbocycles. The minimum Gasteiger partial charge on any atom is -0.388 e. The van der Waals surface area contributed by atoms with Crippen molar-refractivity contribution < 1.29 is 18.3 Å². The maximum absolute atomic E-state index is 12.4. The molecular weight excluding hydrogens is 217 g/mol. The smallest absolute Gasteiger partial charge is 0.388 e. The zero-order valence-corrected chi connectivity index (χ0v) is 9.47. The van der Waals surface area contributed by atoms with E-state index >= 15 is 0 Å². The molecule has 1 aromatic rings. The van der Waals surface area contributed by atoms with Crippen LogP contribution in [0.1, 0.15) is 36.6 Å². The summed E-state index contributed by atoms with van der Waals surface area (Å²) in [5.74, 6) is -0.0181. The lowest BCUT2D eigenvalue weighted by atomic mass is 9.94. The topological polar surface area (TPSA) is 20.2 Å². The molecule has 0 bridgehead atoms. The van der Waals surface area contributed by atoms with E-state index in [0.29, 0.717) is 11.1 Å². The van der Waals surface area contributed by atoms with E-state index in [4.69, 9.17) is 0 Å². The fourth-order valence-corrected chi connectivity index (χ4v) is 1.54. The minimum absolute atomic E-state index is 0.0181. The predicted octanol–water partition coefficient (Wildman–Crippen LogP) is 3.70. The van der Waals surface area contributed by atoms with Crippen LogP contribution in [0, 0.1) is 12.8 Å². The van der Waals surface area contributed by atoms with Crippen LogP contribution in [0.5, 0.6) is 0 Å². The molecule has 1 nitrogen and oxygen atoms in total. The summed E-state index contributed by atoms with van der Waals surface area (Å²) < 4.78 is 37.2. The quantitative estimate of drug-likeness (QED) is 0.824. The van der Waals surface area contributed by atoms with Gasteiger partial charge >= 0.3 is 6.18 Å². The summed E-state index contributed by atoms with van der Waals surface area (Å²) in [5, 5.41) is 9.79. The molecule has 1 N–H and O–H groups in total. The summed E-state index contributed by atoms with van der Waals surface area (Å²) in [6.45, 7) is 5.22. The van der Waals surface area contributed by atoms with Crippen molar-refractivity contribution in [3.63, 3.8) is 0 Å². The predicted molar refractivity (Wildman–Crippen MR) is 56.0 cm³/mol. The Kier molecular flexibility index (Phi) is 3.63. The molecule has 90 valence electrons. The van der Waals surface area contributed by atoms with E-state index in [1.54, 1.807) is 6.92 Å². The molecule has 0 fully saturated rings. The molecule has 0 amide bonds. The van der Waals surface area contributed by atoms with Gasteiger partial charge < -0.3 is 5.11 Å². The van der Waals surface area contributed by atoms with Gasteiger partial charge in [-0.2, -0.15) is 13.2 Å². The summed E-state index contributed by atoms with van der Waals surface area (Å²) in [7, 11) is 0. The molecule has 1 atom stereocenters.